The number of hydrogen-bond donors (Lipinski definition) is 1. The fourth-order valence-corrected chi connectivity index (χ4v) is 2.95. The Labute approximate surface area is 141 Å². The predicted molar refractivity (Wildman–Crippen MR) is 89.5 cm³/mol. The van der Waals surface area contributed by atoms with Crippen molar-refractivity contribution >= 4 is 23.6 Å². The molecule has 126 valence electrons. The average Bonchev–Trinajstić information content (AvgIpc) is 2.55. The number of rotatable bonds is 5. The molecule has 1 heterocycles. The van der Waals surface area contributed by atoms with Gasteiger partial charge in [-0.25, -0.2) is 4.79 Å². The molecule has 0 radical (unpaired) electrons. The second kappa shape index (κ2) is 8.77. The van der Waals surface area contributed by atoms with Gasteiger partial charge in [0.05, 0.1) is 12.5 Å². The van der Waals surface area contributed by atoms with Crippen molar-refractivity contribution in [3.8, 4) is 0 Å². The van der Waals surface area contributed by atoms with E-state index in [1.807, 2.05) is 24.3 Å². The van der Waals surface area contributed by atoms with Crippen LogP contribution in [0.3, 0.4) is 0 Å². The van der Waals surface area contributed by atoms with Crippen molar-refractivity contribution in [1.82, 2.24) is 10.2 Å². The smallest absolute Gasteiger partial charge is 0.317 e. The summed E-state index contributed by atoms with van der Waals surface area (Å²) in [5.74, 6) is -0.411. The highest BCUT2D eigenvalue weighted by molar-refractivity contribution is 6.30. The molecule has 1 aromatic rings. The SMILES string of the molecule is CCOC(=O)C1CCCN(C(=O)NCCc2cccc(Cl)c2)C1. The third-order valence-corrected chi connectivity index (χ3v) is 4.14. The number of carbonyl (C=O) groups is 2. The van der Waals surface area contributed by atoms with Gasteiger partial charge < -0.3 is 15.0 Å². The maximum atomic E-state index is 12.2. The van der Waals surface area contributed by atoms with Gasteiger partial charge in [-0.1, -0.05) is 23.7 Å². The van der Waals surface area contributed by atoms with E-state index in [2.05, 4.69) is 5.32 Å². The predicted octanol–water partition coefficient (Wildman–Crippen LogP) is 2.87. The van der Waals surface area contributed by atoms with Crippen molar-refractivity contribution in [3.63, 3.8) is 0 Å². The highest BCUT2D eigenvalue weighted by Gasteiger charge is 2.29. The normalized spacial score (nSPS) is 17.7. The van der Waals surface area contributed by atoms with E-state index in [0.717, 1.165) is 24.8 Å². The molecule has 1 N–H and O–H groups in total. The van der Waals surface area contributed by atoms with Crippen LogP contribution in [0.4, 0.5) is 4.79 Å². The number of likely N-dealkylation sites (tertiary alicyclic amines) is 1. The van der Waals surface area contributed by atoms with Crippen LogP contribution in [-0.4, -0.2) is 43.1 Å². The molecule has 2 rings (SSSR count). The van der Waals surface area contributed by atoms with Gasteiger partial charge in [0.1, 0.15) is 0 Å². The summed E-state index contributed by atoms with van der Waals surface area (Å²) in [4.78, 5) is 25.7. The summed E-state index contributed by atoms with van der Waals surface area (Å²) in [5, 5.41) is 3.60. The molecule has 1 unspecified atom stereocenters. The molecular weight excluding hydrogens is 316 g/mol. The molecule has 0 spiro atoms. The van der Waals surface area contributed by atoms with Crippen molar-refractivity contribution in [2.24, 2.45) is 5.92 Å². The molecule has 1 fully saturated rings. The molecule has 1 aliphatic heterocycles. The highest BCUT2D eigenvalue weighted by Crippen LogP contribution is 2.18. The molecule has 1 aliphatic rings. The first-order valence-corrected chi connectivity index (χ1v) is 8.41. The zero-order valence-corrected chi connectivity index (χ0v) is 14.1. The lowest BCUT2D eigenvalue weighted by molar-refractivity contribution is -0.149. The highest BCUT2D eigenvalue weighted by atomic mass is 35.5. The van der Waals surface area contributed by atoms with Crippen LogP contribution >= 0.6 is 11.6 Å². The number of hydrogen-bond acceptors (Lipinski definition) is 3. The molecule has 1 aromatic carbocycles. The molecular formula is C17H23ClN2O3. The summed E-state index contributed by atoms with van der Waals surface area (Å²) < 4.78 is 5.05. The van der Waals surface area contributed by atoms with Gasteiger partial charge >= 0.3 is 12.0 Å². The summed E-state index contributed by atoms with van der Waals surface area (Å²) in [5.41, 5.74) is 1.08. The van der Waals surface area contributed by atoms with Crippen LogP contribution in [0, 0.1) is 5.92 Å². The molecule has 1 atom stereocenters. The number of nitrogens with one attached hydrogen (secondary N) is 1. The van der Waals surface area contributed by atoms with E-state index < -0.39 is 0 Å². The average molecular weight is 339 g/mol. The number of urea groups is 1. The number of esters is 1. The Bertz CT molecular complexity index is 550. The van der Waals surface area contributed by atoms with Gasteiger partial charge in [0.2, 0.25) is 0 Å². The van der Waals surface area contributed by atoms with E-state index in [9.17, 15) is 9.59 Å². The largest absolute Gasteiger partial charge is 0.466 e. The first-order chi connectivity index (χ1) is 11.1. The van der Waals surface area contributed by atoms with E-state index in [1.165, 1.54) is 0 Å². The molecule has 2 amide bonds. The zero-order chi connectivity index (χ0) is 16.7. The Hall–Kier alpha value is -1.75. The van der Waals surface area contributed by atoms with Crippen molar-refractivity contribution in [2.45, 2.75) is 26.2 Å². The first-order valence-electron chi connectivity index (χ1n) is 8.04. The lowest BCUT2D eigenvalue weighted by Gasteiger charge is -2.31. The second-order valence-corrected chi connectivity index (χ2v) is 6.09. The number of ether oxygens (including phenoxy) is 1. The van der Waals surface area contributed by atoms with E-state index in [1.54, 1.807) is 11.8 Å². The van der Waals surface area contributed by atoms with Crippen molar-refractivity contribution in [2.75, 3.05) is 26.2 Å². The van der Waals surface area contributed by atoms with Gasteiger partial charge in [-0.15, -0.1) is 0 Å². The number of nitrogens with zero attached hydrogens (tertiary/aromatic N) is 1. The van der Waals surface area contributed by atoms with Crippen LogP contribution in [0.25, 0.3) is 0 Å². The van der Waals surface area contributed by atoms with Crippen LogP contribution in [0.5, 0.6) is 0 Å². The summed E-state index contributed by atoms with van der Waals surface area (Å²) in [6.45, 7) is 3.82. The fourth-order valence-electron chi connectivity index (χ4n) is 2.73. The van der Waals surface area contributed by atoms with E-state index >= 15 is 0 Å². The number of halogens is 1. The molecule has 6 heteroatoms. The number of piperidine rings is 1. The first kappa shape index (κ1) is 17.6. The van der Waals surface area contributed by atoms with Crippen LogP contribution < -0.4 is 5.32 Å². The van der Waals surface area contributed by atoms with Crippen molar-refractivity contribution in [1.29, 1.82) is 0 Å². The Morgan fingerprint density at radius 1 is 1.43 bits per heavy atom. The number of benzene rings is 1. The molecule has 1 saturated heterocycles. The van der Waals surface area contributed by atoms with Crippen LogP contribution in [0.15, 0.2) is 24.3 Å². The molecule has 5 nitrogen and oxygen atoms in total. The quantitative estimate of drug-likeness (QED) is 0.840. The molecule has 0 aliphatic carbocycles. The van der Waals surface area contributed by atoms with E-state index in [-0.39, 0.29) is 17.9 Å². The zero-order valence-electron chi connectivity index (χ0n) is 13.4. The van der Waals surface area contributed by atoms with Crippen molar-refractivity contribution in [3.05, 3.63) is 34.9 Å². The summed E-state index contributed by atoms with van der Waals surface area (Å²) in [7, 11) is 0. The third kappa shape index (κ3) is 5.43. The lowest BCUT2D eigenvalue weighted by Crippen LogP contribution is -2.47. The van der Waals surface area contributed by atoms with E-state index in [0.29, 0.717) is 31.3 Å². The Balaban J connectivity index is 1.77. The standard InChI is InChI=1S/C17H23ClN2O3/c1-2-23-16(21)14-6-4-10-20(12-14)17(22)19-9-8-13-5-3-7-15(18)11-13/h3,5,7,11,14H,2,4,6,8-10,12H2,1H3,(H,19,22). The minimum atomic E-state index is -0.206. The second-order valence-electron chi connectivity index (χ2n) is 5.65. The van der Waals surface area contributed by atoms with Crippen LogP contribution in [-0.2, 0) is 16.0 Å². The number of carbonyl (C=O) groups excluding carboxylic acids is 2. The molecule has 0 aromatic heterocycles. The lowest BCUT2D eigenvalue weighted by atomic mass is 9.98. The topological polar surface area (TPSA) is 58.6 Å². The third-order valence-electron chi connectivity index (χ3n) is 3.91. The van der Waals surface area contributed by atoms with Gasteiger partial charge in [-0.3, -0.25) is 4.79 Å². The van der Waals surface area contributed by atoms with Crippen molar-refractivity contribution < 1.29 is 14.3 Å². The van der Waals surface area contributed by atoms with Gasteiger partial charge in [-0.05, 0) is 43.9 Å². The molecule has 0 saturated carbocycles. The maximum Gasteiger partial charge on any atom is 0.317 e. The minimum absolute atomic E-state index is 0.124. The number of amides is 2. The fraction of sp³-hybridized carbons (Fsp3) is 0.529. The summed E-state index contributed by atoms with van der Waals surface area (Å²) in [6, 6.07) is 7.48. The van der Waals surface area contributed by atoms with Gasteiger partial charge in [0, 0.05) is 24.7 Å². The Morgan fingerprint density at radius 2 is 2.26 bits per heavy atom. The van der Waals surface area contributed by atoms with E-state index in [4.69, 9.17) is 16.3 Å². The molecule has 23 heavy (non-hydrogen) atoms. The minimum Gasteiger partial charge on any atom is -0.466 e. The van der Waals surface area contributed by atoms with Crippen LogP contribution in [0.1, 0.15) is 25.3 Å². The van der Waals surface area contributed by atoms with Gasteiger partial charge in [0.25, 0.3) is 0 Å². The van der Waals surface area contributed by atoms with Crippen LogP contribution in [0.2, 0.25) is 5.02 Å². The van der Waals surface area contributed by atoms with Gasteiger partial charge in [-0.2, -0.15) is 0 Å². The van der Waals surface area contributed by atoms with Gasteiger partial charge in [0.15, 0.2) is 0 Å². The Kier molecular flexibility index (Phi) is 6.71. The summed E-state index contributed by atoms with van der Waals surface area (Å²) >= 11 is 5.94. The Morgan fingerprint density at radius 3 is 3.00 bits per heavy atom. The maximum absolute atomic E-state index is 12.2. The summed E-state index contributed by atoms with van der Waals surface area (Å²) in [6.07, 6.45) is 2.33. The molecule has 0 bridgehead atoms. The monoisotopic (exact) mass is 338 g/mol.